The zero-order valence-electron chi connectivity index (χ0n) is 9.24. The highest BCUT2D eigenvalue weighted by Gasteiger charge is 2.17. The predicted octanol–water partition coefficient (Wildman–Crippen LogP) is 1.59. The van der Waals surface area contributed by atoms with Gasteiger partial charge in [-0.15, -0.1) is 0 Å². The minimum absolute atomic E-state index is 0.0508. The number of benzene rings is 1. The lowest BCUT2D eigenvalue weighted by Gasteiger charge is -2.14. The van der Waals surface area contributed by atoms with E-state index in [2.05, 4.69) is 20.7 Å². The van der Waals surface area contributed by atoms with Gasteiger partial charge in [-0.3, -0.25) is 0 Å². The van der Waals surface area contributed by atoms with Crippen molar-refractivity contribution in [3.63, 3.8) is 0 Å². The molecule has 0 aliphatic carbocycles. The number of H-pyrrole nitrogens is 1. The van der Waals surface area contributed by atoms with Crippen molar-refractivity contribution >= 4 is 0 Å². The average Bonchev–Trinajstić information content (AvgIpc) is 2.82. The van der Waals surface area contributed by atoms with E-state index in [-0.39, 0.29) is 18.0 Å². The van der Waals surface area contributed by atoms with E-state index in [1.54, 1.807) is 7.05 Å². The minimum atomic E-state index is -0.547. The molecule has 0 saturated heterocycles. The Hall–Kier alpha value is -1.82. The Morgan fingerprint density at radius 3 is 2.59 bits per heavy atom. The molecule has 0 aliphatic rings. The van der Waals surface area contributed by atoms with Crippen molar-refractivity contribution in [2.24, 2.45) is 0 Å². The van der Waals surface area contributed by atoms with Crippen LogP contribution in [0.15, 0.2) is 24.4 Å². The summed E-state index contributed by atoms with van der Waals surface area (Å²) in [6, 6.07) is 3.56. The summed E-state index contributed by atoms with van der Waals surface area (Å²) in [5.74, 6) is -1.09. The lowest BCUT2D eigenvalue weighted by Crippen LogP contribution is -2.20. The van der Waals surface area contributed by atoms with E-state index in [4.69, 9.17) is 0 Å². The third kappa shape index (κ3) is 2.47. The van der Waals surface area contributed by atoms with Gasteiger partial charge in [-0.25, -0.2) is 8.78 Å². The lowest BCUT2D eigenvalue weighted by atomic mass is 10.0. The molecule has 0 aliphatic heterocycles. The second-order valence-electron chi connectivity index (χ2n) is 3.64. The van der Waals surface area contributed by atoms with E-state index >= 15 is 0 Å². The van der Waals surface area contributed by atoms with Crippen molar-refractivity contribution < 1.29 is 8.78 Å². The van der Waals surface area contributed by atoms with Gasteiger partial charge in [-0.2, -0.15) is 15.4 Å². The van der Waals surface area contributed by atoms with Crippen LogP contribution in [0.5, 0.6) is 0 Å². The van der Waals surface area contributed by atoms with Gasteiger partial charge in [0.05, 0.1) is 17.9 Å². The molecule has 1 aromatic carbocycles. The number of hydrogen-bond acceptors (Lipinski definition) is 3. The van der Waals surface area contributed by atoms with Crippen molar-refractivity contribution in [1.29, 1.82) is 0 Å². The SMILES string of the molecule is CNC(Cc1c(F)cccc1F)c1cn[nH]n1. The number of nitrogens with zero attached hydrogens (tertiary/aromatic N) is 2. The highest BCUT2D eigenvalue weighted by molar-refractivity contribution is 5.22. The molecule has 4 nitrogen and oxygen atoms in total. The summed E-state index contributed by atoms with van der Waals surface area (Å²) in [5.41, 5.74) is 0.671. The van der Waals surface area contributed by atoms with Crippen molar-refractivity contribution in [2.75, 3.05) is 7.05 Å². The van der Waals surface area contributed by atoms with Gasteiger partial charge in [0.15, 0.2) is 0 Å². The Kier molecular flexibility index (Phi) is 3.43. The third-order valence-electron chi connectivity index (χ3n) is 2.61. The number of halogens is 2. The summed E-state index contributed by atoms with van der Waals surface area (Å²) in [4.78, 5) is 0. The summed E-state index contributed by atoms with van der Waals surface area (Å²) in [7, 11) is 1.71. The van der Waals surface area contributed by atoms with E-state index in [9.17, 15) is 8.78 Å². The molecule has 2 rings (SSSR count). The van der Waals surface area contributed by atoms with Gasteiger partial charge < -0.3 is 5.32 Å². The topological polar surface area (TPSA) is 53.6 Å². The molecule has 90 valence electrons. The van der Waals surface area contributed by atoms with Gasteiger partial charge in [-0.05, 0) is 25.6 Å². The van der Waals surface area contributed by atoms with Crippen LogP contribution in [-0.4, -0.2) is 22.5 Å². The Balaban J connectivity index is 2.25. The zero-order chi connectivity index (χ0) is 12.3. The Morgan fingerprint density at radius 2 is 2.06 bits per heavy atom. The van der Waals surface area contributed by atoms with Crippen molar-refractivity contribution in [3.05, 3.63) is 47.3 Å². The second-order valence-corrected chi connectivity index (χ2v) is 3.64. The first kappa shape index (κ1) is 11.7. The second kappa shape index (κ2) is 5.01. The first-order valence-electron chi connectivity index (χ1n) is 5.18. The van der Waals surface area contributed by atoms with Crippen LogP contribution in [0.25, 0.3) is 0 Å². The summed E-state index contributed by atoms with van der Waals surface area (Å²) in [6.45, 7) is 0. The Labute approximate surface area is 97.0 Å². The van der Waals surface area contributed by atoms with Crippen molar-refractivity contribution in [2.45, 2.75) is 12.5 Å². The monoisotopic (exact) mass is 238 g/mol. The number of likely N-dealkylation sites (N-methyl/N-ethyl adjacent to an activating group) is 1. The van der Waals surface area contributed by atoms with Gasteiger partial charge in [0.25, 0.3) is 0 Å². The standard InChI is InChI=1S/C11H12F2N4/c1-14-10(11-6-15-17-16-11)5-7-8(12)3-2-4-9(7)13/h2-4,6,10,14H,5H2,1H3,(H,15,16,17). The van der Waals surface area contributed by atoms with E-state index in [1.807, 2.05) is 0 Å². The van der Waals surface area contributed by atoms with Gasteiger partial charge in [0.2, 0.25) is 0 Å². The van der Waals surface area contributed by atoms with Crippen LogP contribution >= 0.6 is 0 Å². The maximum Gasteiger partial charge on any atom is 0.129 e. The maximum absolute atomic E-state index is 13.5. The van der Waals surface area contributed by atoms with Crippen LogP contribution in [0.3, 0.4) is 0 Å². The van der Waals surface area contributed by atoms with Crippen molar-refractivity contribution in [1.82, 2.24) is 20.7 Å². The van der Waals surface area contributed by atoms with E-state index in [0.29, 0.717) is 5.69 Å². The molecule has 0 amide bonds. The van der Waals surface area contributed by atoms with Gasteiger partial charge in [-0.1, -0.05) is 6.07 Å². The normalized spacial score (nSPS) is 12.6. The molecule has 0 bridgehead atoms. The molecule has 17 heavy (non-hydrogen) atoms. The molecule has 1 atom stereocenters. The van der Waals surface area contributed by atoms with Crippen LogP contribution in [0.2, 0.25) is 0 Å². The summed E-state index contributed by atoms with van der Waals surface area (Å²) in [6.07, 6.45) is 1.71. The third-order valence-corrected chi connectivity index (χ3v) is 2.61. The number of hydrogen-bond donors (Lipinski definition) is 2. The van der Waals surface area contributed by atoms with Gasteiger partial charge in [0, 0.05) is 5.56 Å². The first-order valence-corrected chi connectivity index (χ1v) is 5.18. The number of nitrogens with one attached hydrogen (secondary N) is 2. The number of aromatic amines is 1. The van der Waals surface area contributed by atoms with Gasteiger partial charge >= 0.3 is 0 Å². The smallest absolute Gasteiger partial charge is 0.129 e. The molecule has 2 N–H and O–H groups in total. The average molecular weight is 238 g/mol. The minimum Gasteiger partial charge on any atom is -0.311 e. The Bertz CT molecular complexity index is 464. The fraction of sp³-hybridized carbons (Fsp3) is 0.273. The molecule has 2 aromatic rings. The molecule has 0 fully saturated rings. The molecule has 0 spiro atoms. The first-order chi connectivity index (χ1) is 8.22. The molecule has 0 radical (unpaired) electrons. The summed E-state index contributed by atoms with van der Waals surface area (Å²) < 4.78 is 27.0. The zero-order valence-corrected chi connectivity index (χ0v) is 9.24. The number of rotatable bonds is 4. The lowest BCUT2D eigenvalue weighted by molar-refractivity contribution is 0.509. The molecule has 0 saturated carbocycles. The summed E-state index contributed by atoms with van der Waals surface area (Å²) in [5, 5.41) is 13.0. The van der Waals surface area contributed by atoms with Crippen LogP contribution in [0, 0.1) is 11.6 Å². The van der Waals surface area contributed by atoms with Crippen LogP contribution in [0.4, 0.5) is 8.78 Å². The van der Waals surface area contributed by atoms with Crippen LogP contribution in [0.1, 0.15) is 17.3 Å². The molecular formula is C11H12F2N4. The van der Waals surface area contributed by atoms with Crippen LogP contribution < -0.4 is 5.32 Å². The highest BCUT2D eigenvalue weighted by atomic mass is 19.1. The predicted molar refractivity (Wildman–Crippen MR) is 58.2 cm³/mol. The quantitative estimate of drug-likeness (QED) is 0.850. The fourth-order valence-electron chi connectivity index (χ4n) is 1.66. The largest absolute Gasteiger partial charge is 0.311 e. The maximum atomic E-state index is 13.5. The van der Waals surface area contributed by atoms with Gasteiger partial charge in [0.1, 0.15) is 11.6 Å². The molecule has 1 unspecified atom stereocenters. The van der Waals surface area contributed by atoms with Crippen molar-refractivity contribution in [3.8, 4) is 0 Å². The molecule has 1 aromatic heterocycles. The van der Waals surface area contributed by atoms with E-state index in [0.717, 1.165) is 0 Å². The Morgan fingerprint density at radius 1 is 1.35 bits per heavy atom. The van der Waals surface area contributed by atoms with E-state index < -0.39 is 11.6 Å². The molecule has 1 heterocycles. The van der Waals surface area contributed by atoms with E-state index in [1.165, 1.54) is 24.4 Å². The molecule has 6 heteroatoms. The number of aromatic nitrogens is 3. The van der Waals surface area contributed by atoms with Crippen LogP contribution in [-0.2, 0) is 6.42 Å². The highest BCUT2D eigenvalue weighted by Crippen LogP contribution is 2.20. The molecular weight excluding hydrogens is 226 g/mol. The summed E-state index contributed by atoms with van der Waals surface area (Å²) >= 11 is 0. The fourth-order valence-corrected chi connectivity index (χ4v) is 1.66.